The third-order valence-corrected chi connectivity index (χ3v) is 5.81. The molecule has 0 bridgehead atoms. The van der Waals surface area contributed by atoms with Crippen LogP contribution in [0, 0.1) is 11.6 Å². The maximum atomic E-state index is 14.3. The van der Waals surface area contributed by atoms with Crippen molar-refractivity contribution < 1.29 is 27.5 Å². The molecule has 176 valence electrons. The number of rotatable bonds is 7. The monoisotopic (exact) mass is 464 g/mol. The highest BCUT2D eigenvalue weighted by Crippen LogP contribution is 2.27. The van der Waals surface area contributed by atoms with Gasteiger partial charge in [0.25, 0.3) is 11.5 Å². The van der Waals surface area contributed by atoms with E-state index in [0.29, 0.717) is 12.0 Å². The Hall–Kier alpha value is -3.34. The van der Waals surface area contributed by atoms with Crippen molar-refractivity contribution in [1.29, 1.82) is 0 Å². The molecule has 1 aromatic heterocycles. The van der Waals surface area contributed by atoms with Gasteiger partial charge in [-0.1, -0.05) is 6.07 Å². The van der Waals surface area contributed by atoms with Gasteiger partial charge in [-0.25, -0.2) is 18.0 Å². The second kappa shape index (κ2) is 9.65. The molecule has 1 aliphatic carbocycles. The van der Waals surface area contributed by atoms with Crippen molar-refractivity contribution in [2.75, 3.05) is 13.2 Å². The quantitative estimate of drug-likeness (QED) is 0.541. The van der Waals surface area contributed by atoms with Gasteiger partial charge in [0, 0.05) is 19.2 Å². The molecule has 33 heavy (non-hydrogen) atoms. The Morgan fingerprint density at radius 2 is 1.88 bits per heavy atom. The molecule has 1 saturated heterocycles. The Balaban J connectivity index is 1.30. The molecular formula is C22H23F3N4O4. The molecule has 8 nitrogen and oxygen atoms in total. The number of nitrogens with zero attached hydrogens (tertiary/aromatic N) is 1. The fourth-order valence-corrected chi connectivity index (χ4v) is 4.13. The third kappa shape index (κ3) is 5.19. The first kappa shape index (κ1) is 22.8. The minimum Gasteiger partial charge on any atom is -0.373 e. The van der Waals surface area contributed by atoms with E-state index in [0.717, 1.165) is 12.1 Å². The zero-order valence-electron chi connectivity index (χ0n) is 17.5. The first-order valence-electron chi connectivity index (χ1n) is 10.6. The van der Waals surface area contributed by atoms with E-state index in [1.54, 1.807) is 0 Å². The van der Waals surface area contributed by atoms with Crippen molar-refractivity contribution >= 4 is 11.9 Å². The first-order chi connectivity index (χ1) is 15.8. The number of ether oxygens (including phenoxy) is 1. The van der Waals surface area contributed by atoms with Gasteiger partial charge in [0.2, 0.25) is 0 Å². The maximum absolute atomic E-state index is 14.3. The second-order valence-corrected chi connectivity index (χ2v) is 8.09. The molecule has 1 aliphatic heterocycles. The number of hydrogen-bond donors (Lipinski definition) is 3. The number of fused-ring (bicyclic) bond motifs is 1. The Bertz CT molecular complexity index is 1110. The van der Waals surface area contributed by atoms with E-state index >= 15 is 0 Å². The predicted octanol–water partition coefficient (Wildman–Crippen LogP) is 1.47. The summed E-state index contributed by atoms with van der Waals surface area (Å²) >= 11 is 0. The minimum absolute atomic E-state index is 0.0332. The molecule has 0 spiro atoms. The van der Waals surface area contributed by atoms with Crippen LogP contribution in [0.2, 0.25) is 0 Å². The Labute approximate surface area is 187 Å². The van der Waals surface area contributed by atoms with E-state index in [2.05, 4.69) is 16.0 Å². The van der Waals surface area contributed by atoms with E-state index < -0.39 is 35.4 Å². The van der Waals surface area contributed by atoms with Crippen molar-refractivity contribution in [3.63, 3.8) is 0 Å². The van der Waals surface area contributed by atoms with Gasteiger partial charge < -0.3 is 25.3 Å². The first-order valence-corrected chi connectivity index (χ1v) is 10.6. The summed E-state index contributed by atoms with van der Waals surface area (Å²) in [5.41, 5.74) is -0.345. The molecule has 2 aromatic rings. The maximum Gasteiger partial charge on any atom is 0.315 e. The summed E-state index contributed by atoms with van der Waals surface area (Å²) in [6.07, 6.45) is -0.0145. The number of benzene rings is 1. The minimum atomic E-state index is -1.24. The van der Waals surface area contributed by atoms with Crippen LogP contribution in [-0.4, -0.2) is 54.0 Å². The lowest BCUT2D eigenvalue weighted by Crippen LogP contribution is -2.48. The van der Waals surface area contributed by atoms with Crippen LogP contribution in [0.3, 0.4) is 0 Å². The highest BCUT2D eigenvalue weighted by molar-refractivity contribution is 5.93. The molecule has 4 atom stereocenters. The van der Waals surface area contributed by atoms with E-state index in [4.69, 9.17) is 4.74 Å². The van der Waals surface area contributed by atoms with E-state index in [9.17, 15) is 27.6 Å². The molecule has 3 N–H and O–H groups in total. The van der Waals surface area contributed by atoms with Gasteiger partial charge in [-0.15, -0.1) is 0 Å². The molecule has 4 unspecified atom stereocenters. The number of amides is 3. The lowest BCUT2D eigenvalue weighted by molar-refractivity contribution is -0.0321. The van der Waals surface area contributed by atoms with Crippen LogP contribution in [0.5, 0.6) is 0 Å². The molecule has 2 heterocycles. The Morgan fingerprint density at radius 1 is 1.12 bits per heavy atom. The molecular weight excluding hydrogens is 441 g/mol. The van der Waals surface area contributed by atoms with Crippen LogP contribution in [0.15, 0.2) is 41.3 Å². The third-order valence-electron chi connectivity index (χ3n) is 5.81. The SMILES string of the molecule is O=C1NC2CC(F)C(OCCNC(=O)c3cccn(Cc4ccc(F)c(F)c4)c3=O)CC2N1. The van der Waals surface area contributed by atoms with Crippen LogP contribution >= 0.6 is 0 Å². The van der Waals surface area contributed by atoms with Crippen molar-refractivity contribution in [2.24, 2.45) is 0 Å². The van der Waals surface area contributed by atoms with Crippen LogP contribution in [0.25, 0.3) is 0 Å². The van der Waals surface area contributed by atoms with Crippen LogP contribution in [0.1, 0.15) is 28.8 Å². The zero-order chi connectivity index (χ0) is 23.5. The van der Waals surface area contributed by atoms with Gasteiger partial charge >= 0.3 is 6.03 Å². The lowest BCUT2D eigenvalue weighted by atomic mass is 9.88. The second-order valence-electron chi connectivity index (χ2n) is 8.09. The van der Waals surface area contributed by atoms with Crippen molar-refractivity contribution in [1.82, 2.24) is 20.5 Å². The Kier molecular flexibility index (Phi) is 6.68. The molecule has 1 saturated carbocycles. The van der Waals surface area contributed by atoms with Crippen molar-refractivity contribution in [3.8, 4) is 0 Å². The highest BCUT2D eigenvalue weighted by Gasteiger charge is 2.42. The highest BCUT2D eigenvalue weighted by atomic mass is 19.2. The standard InChI is InChI=1S/C22H23F3N4O4/c23-14-4-3-12(8-15(14)24)11-29-6-1-2-13(21(29)31)20(30)26-5-7-33-19-10-18-17(9-16(19)25)27-22(32)28-18/h1-4,6,8,16-19H,5,7,9-11H2,(H,26,30)(H2,27,28,32). The average Bonchev–Trinajstić information content (AvgIpc) is 3.13. The molecule has 0 radical (unpaired) electrons. The van der Waals surface area contributed by atoms with E-state index in [1.165, 1.54) is 29.0 Å². The molecule has 11 heteroatoms. The Morgan fingerprint density at radius 3 is 2.64 bits per heavy atom. The molecule has 2 aliphatic rings. The summed E-state index contributed by atoms with van der Waals surface area (Å²) in [5.74, 6) is -2.64. The predicted molar refractivity (Wildman–Crippen MR) is 112 cm³/mol. The van der Waals surface area contributed by atoms with E-state index in [1.807, 2.05) is 0 Å². The number of aromatic nitrogens is 1. The largest absolute Gasteiger partial charge is 0.373 e. The molecule has 1 aromatic carbocycles. The van der Waals surface area contributed by atoms with E-state index in [-0.39, 0.29) is 49.8 Å². The van der Waals surface area contributed by atoms with Crippen LogP contribution in [0.4, 0.5) is 18.0 Å². The summed E-state index contributed by atoms with van der Waals surface area (Å²) in [5, 5.41) is 7.96. The number of carbonyl (C=O) groups excluding carboxylic acids is 2. The number of alkyl halides is 1. The van der Waals surface area contributed by atoms with Gasteiger partial charge in [-0.2, -0.15) is 0 Å². The average molecular weight is 464 g/mol. The smallest absolute Gasteiger partial charge is 0.315 e. The summed E-state index contributed by atoms with van der Waals surface area (Å²) < 4.78 is 47.6. The number of hydrogen-bond acceptors (Lipinski definition) is 4. The van der Waals surface area contributed by atoms with Gasteiger partial charge in [-0.3, -0.25) is 9.59 Å². The number of carbonyl (C=O) groups is 2. The molecule has 2 fully saturated rings. The molecule has 4 rings (SSSR count). The van der Waals surface area contributed by atoms with Crippen LogP contribution < -0.4 is 21.5 Å². The van der Waals surface area contributed by atoms with Gasteiger partial charge in [-0.05, 0) is 36.2 Å². The van der Waals surface area contributed by atoms with Crippen molar-refractivity contribution in [3.05, 3.63) is 69.6 Å². The number of pyridine rings is 1. The van der Waals surface area contributed by atoms with Gasteiger partial charge in [0.15, 0.2) is 11.6 Å². The summed E-state index contributed by atoms with van der Waals surface area (Å²) in [6, 6.07) is 5.41. The fraction of sp³-hybridized carbons (Fsp3) is 0.409. The number of urea groups is 1. The summed E-state index contributed by atoms with van der Waals surface area (Å²) in [6.45, 7) is 0.0527. The van der Waals surface area contributed by atoms with Crippen LogP contribution in [-0.2, 0) is 11.3 Å². The number of halogens is 3. The summed E-state index contributed by atoms with van der Waals surface area (Å²) in [4.78, 5) is 36.5. The van der Waals surface area contributed by atoms with Gasteiger partial charge in [0.1, 0.15) is 11.7 Å². The topological polar surface area (TPSA) is 101 Å². The normalized spacial score (nSPS) is 24.0. The van der Waals surface area contributed by atoms with Gasteiger partial charge in [0.05, 0.1) is 31.3 Å². The van der Waals surface area contributed by atoms with Crippen molar-refractivity contribution in [2.45, 2.75) is 43.7 Å². The number of nitrogens with one attached hydrogen (secondary N) is 3. The zero-order valence-corrected chi connectivity index (χ0v) is 17.5. The fourth-order valence-electron chi connectivity index (χ4n) is 4.13. The molecule has 3 amide bonds. The lowest BCUT2D eigenvalue weighted by Gasteiger charge is -2.33. The summed E-state index contributed by atoms with van der Waals surface area (Å²) in [7, 11) is 0.